The second-order valence-electron chi connectivity index (χ2n) is 12.9. The van der Waals surface area contributed by atoms with Crippen molar-refractivity contribution in [3.8, 4) is 5.69 Å². The normalized spacial score (nSPS) is 45.1. The van der Waals surface area contributed by atoms with Gasteiger partial charge in [0.05, 0.1) is 23.7 Å². The van der Waals surface area contributed by atoms with Crippen LogP contribution >= 0.6 is 15.9 Å². The molecule has 3 saturated carbocycles. The van der Waals surface area contributed by atoms with Gasteiger partial charge in [0.2, 0.25) is 5.79 Å². The molecule has 1 aromatic carbocycles. The highest BCUT2D eigenvalue weighted by molar-refractivity contribution is 9.10. The Morgan fingerprint density at radius 3 is 2.68 bits per heavy atom. The number of aliphatic hydroxyl groups is 1. The van der Waals surface area contributed by atoms with Crippen LogP contribution in [0.4, 0.5) is 0 Å². The summed E-state index contributed by atoms with van der Waals surface area (Å²) in [6.07, 6.45) is 9.71. The van der Waals surface area contributed by atoms with E-state index in [1.54, 1.807) is 0 Å². The third-order valence-corrected chi connectivity index (χ3v) is 12.0. The van der Waals surface area contributed by atoms with E-state index in [0.717, 1.165) is 42.3 Å². The van der Waals surface area contributed by atoms with Crippen molar-refractivity contribution in [2.75, 3.05) is 20.2 Å². The van der Waals surface area contributed by atoms with Crippen LogP contribution in [0.2, 0.25) is 0 Å². The molecule has 3 heterocycles. The predicted octanol–water partition coefficient (Wildman–Crippen LogP) is 5.23. The van der Waals surface area contributed by atoms with Crippen LogP contribution in [0.5, 0.6) is 0 Å². The number of benzene rings is 1. The molecule has 8 atom stereocenters. The summed E-state index contributed by atoms with van der Waals surface area (Å²) >= 11 is 3.54. The highest BCUT2D eigenvalue weighted by atomic mass is 79.9. The Bertz CT molecular complexity index is 1310. The third kappa shape index (κ3) is 2.89. The van der Waals surface area contributed by atoms with Crippen LogP contribution in [-0.4, -0.2) is 52.6 Å². The Labute approximate surface area is 231 Å². The predicted molar refractivity (Wildman–Crippen MR) is 143 cm³/mol. The molecule has 2 saturated heterocycles. The summed E-state index contributed by atoms with van der Waals surface area (Å²) in [4.78, 5) is 0. The van der Waals surface area contributed by atoms with Crippen LogP contribution in [0.3, 0.4) is 0 Å². The molecule has 2 aromatic rings. The lowest BCUT2D eigenvalue weighted by molar-refractivity contribution is -0.257. The molecule has 8 heteroatoms. The molecule has 8 rings (SSSR count). The number of aromatic nitrogens is 2. The van der Waals surface area contributed by atoms with Gasteiger partial charge in [-0.05, 0) is 97.6 Å². The molecule has 1 aromatic heterocycles. The second kappa shape index (κ2) is 8.02. The zero-order chi connectivity index (χ0) is 25.9. The fourth-order valence-electron chi connectivity index (χ4n) is 9.95. The number of hydrogen-bond acceptors (Lipinski definition) is 6. The molecule has 7 nitrogen and oxygen atoms in total. The highest BCUT2D eigenvalue weighted by Crippen LogP contribution is 2.71. The average Bonchev–Trinajstić information content (AvgIpc) is 3.67. The van der Waals surface area contributed by atoms with Gasteiger partial charge in [-0.15, -0.1) is 0 Å². The van der Waals surface area contributed by atoms with E-state index < -0.39 is 17.5 Å². The van der Waals surface area contributed by atoms with Crippen LogP contribution in [0.25, 0.3) is 11.8 Å². The van der Waals surface area contributed by atoms with Crippen LogP contribution < -0.4 is 0 Å². The van der Waals surface area contributed by atoms with Gasteiger partial charge in [-0.1, -0.05) is 35.4 Å². The zero-order valence-electron chi connectivity index (χ0n) is 22.0. The van der Waals surface area contributed by atoms with Gasteiger partial charge in [0, 0.05) is 9.89 Å². The summed E-state index contributed by atoms with van der Waals surface area (Å²) in [7, 11) is 0. The highest BCUT2D eigenvalue weighted by Gasteiger charge is 2.76. The Balaban J connectivity index is 1.15. The van der Waals surface area contributed by atoms with Crippen molar-refractivity contribution >= 4 is 22.0 Å². The largest absolute Gasteiger partial charge is 0.393 e. The number of allylic oxidation sites excluding steroid dienone is 1. The molecule has 6 aliphatic rings. The average molecular weight is 584 g/mol. The first-order chi connectivity index (χ1) is 18.3. The van der Waals surface area contributed by atoms with Gasteiger partial charge < -0.3 is 24.1 Å². The van der Waals surface area contributed by atoms with E-state index in [9.17, 15) is 5.11 Å². The minimum atomic E-state index is -0.853. The molecular formula is C30H35BrN2O5. The molecule has 0 radical (unpaired) electrons. The first-order valence-corrected chi connectivity index (χ1v) is 14.8. The minimum absolute atomic E-state index is 0.0856. The second-order valence-corrected chi connectivity index (χ2v) is 13.8. The number of halogens is 1. The maximum atomic E-state index is 12.0. The monoisotopic (exact) mass is 582 g/mol. The van der Waals surface area contributed by atoms with E-state index >= 15 is 0 Å². The molecule has 0 bridgehead atoms. The minimum Gasteiger partial charge on any atom is -0.393 e. The quantitative estimate of drug-likeness (QED) is 0.496. The SMILES string of the molecule is C[C@]12Cc3cnn(-c4ccc(Br)cc4)c3C=C1CC[C@@H]1[C@@H]2[C@@H](O)C[C@@]2(C)[C@H]1CC[C@@]21OCOC12COCO2. The van der Waals surface area contributed by atoms with Crippen molar-refractivity contribution in [2.24, 2.45) is 28.6 Å². The van der Waals surface area contributed by atoms with Crippen molar-refractivity contribution in [1.82, 2.24) is 9.78 Å². The maximum Gasteiger partial charge on any atom is 0.226 e. The molecule has 202 valence electrons. The third-order valence-electron chi connectivity index (χ3n) is 11.5. The summed E-state index contributed by atoms with van der Waals surface area (Å²) in [6, 6.07) is 8.32. The van der Waals surface area contributed by atoms with Crippen LogP contribution in [-0.2, 0) is 25.4 Å². The number of hydrogen-bond donors (Lipinski definition) is 1. The van der Waals surface area contributed by atoms with Crippen molar-refractivity contribution in [3.63, 3.8) is 0 Å². The first-order valence-electron chi connectivity index (χ1n) is 14.0. The van der Waals surface area contributed by atoms with E-state index in [2.05, 4.69) is 64.8 Å². The topological polar surface area (TPSA) is 75.0 Å². The van der Waals surface area contributed by atoms with Crippen molar-refractivity contribution in [2.45, 2.75) is 69.9 Å². The van der Waals surface area contributed by atoms with Gasteiger partial charge in [-0.2, -0.15) is 5.10 Å². The molecule has 1 unspecified atom stereocenters. The summed E-state index contributed by atoms with van der Waals surface area (Å²) in [6.45, 7) is 5.59. The van der Waals surface area contributed by atoms with Gasteiger partial charge >= 0.3 is 0 Å². The number of rotatable bonds is 1. The maximum absolute atomic E-state index is 12.0. The Hall–Kier alpha value is -1.55. The molecule has 0 amide bonds. The fraction of sp³-hybridized carbons (Fsp3) is 0.633. The number of ether oxygens (including phenoxy) is 4. The van der Waals surface area contributed by atoms with E-state index in [-0.39, 0.29) is 30.3 Å². The molecular weight excluding hydrogens is 548 g/mol. The van der Waals surface area contributed by atoms with Crippen LogP contribution in [0.15, 0.2) is 40.5 Å². The smallest absolute Gasteiger partial charge is 0.226 e. The van der Waals surface area contributed by atoms with E-state index in [0.29, 0.717) is 24.9 Å². The zero-order valence-corrected chi connectivity index (χ0v) is 23.6. The van der Waals surface area contributed by atoms with Crippen molar-refractivity contribution in [3.05, 3.63) is 51.8 Å². The summed E-state index contributed by atoms with van der Waals surface area (Å²) in [5.74, 6) is 0.230. The van der Waals surface area contributed by atoms with Crippen LogP contribution in [0.1, 0.15) is 57.2 Å². The standard InChI is InChI=1S/C30H35BrN2O5/c1-27-12-18-14-32-33(21-6-4-20(31)5-7-21)24(18)11-19(27)3-8-22-23-9-10-29(28(23,2)13-25(34)26(22)27)30(38-17-36-29)15-35-16-37-30/h4-7,11,14,22-23,25-26,34H,3,8-10,12-13,15-17H2,1-2H3/t22-,23-,25-,26+,27-,28-,29+,30?/m0/s1. The summed E-state index contributed by atoms with van der Waals surface area (Å²) in [5.41, 5.74) is 4.09. The molecule has 2 spiro atoms. The lowest BCUT2D eigenvalue weighted by Crippen LogP contribution is -2.66. The van der Waals surface area contributed by atoms with Crippen molar-refractivity contribution < 1.29 is 24.1 Å². The van der Waals surface area contributed by atoms with Gasteiger partial charge in [0.1, 0.15) is 12.2 Å². The Kier molecular flexibility index (Phi) is 5.12. The number of fused-ring (bicyclic) bond motifs is 8. The van der Waals surface area contributed by atoms with Crippen molar-refractivity contribution in [1.29, 1.82) is 0 Å². The molecule has 38 heavy (non-hydrogen) atoms. The molecule has 2 aliphatic heterocycles. The van der Waals surface area contributed by atoms with Gasteiger partial charge in [-0.25, -0.2) is 4.68 Å². The first kappa shape index (κ1) is 24.3. The summed E-state index contributed by atoms with van der Waals surface area (Å²) < 4.78 is 27.6. The van der Waals surface area contributed by atoms with Gasteiger partial charge in [0.25, 0.3) is 0 Å². The van der Waals surface area contributed by atoms with Gasteiger partial charge in [-0.3, -0.25) is 0 Å². The number of nitrogens with zero attached hydrogens (tertiary/aromatic N) is 2. The lowest BCUT2D eigenvalue weighted by atomic mass is 9.45. The van der Waals surface area contributed by atoms with E-state index in [4.69, 9.17) is 24.0 Å². The molecule has 1 N–H and O–H groups in total. The number of aliphatic hydroxyl groups excluding tert-OH is 1. The van der Waals surface area contributed by atoms with E-state index in [1.807, 2.05) is 6.20 Å². The van der Waals surface area contributed by atoms with Gasteiger partial charge in [0.15, 0.2) is 13.6 Å². The Morgan fingerprint density at radius 2 is 1.89 bits per heavy atom. The molecule has 4 aliphatic carbocycles. The fourth-order valence-corrected chi connectivity index (χ4v) is 10.2. The van der Waals surface area contributed by atoms with E-state index in [1.165, 1.54) is 16.8 Å². The Morgan fingerprint density at radius 1 is 1.08 bits per heavy atom. The van der Waals surface area contributed by atoms with Crippen LogP contribution in [0, 0.1) is 28.6 Å². The molecule has 5 fully saturated rings. The lowest BCUT2D eigenvalue weighted by Gasteiger charge is -2.61. The summed E-state index contributed by atoms with van der Waals surface area (Å²) in [5, 5.41) is 16.8.